The quantitative estimate of drug-likeness (QED) is 0.233. The fourth-order valence-electron chi connectivity index (χ4n) is 1.55. The number of hydrogen-bond donors (Lipinski definition) is 2. The molecule has 1 aliphatic carbocycles. The Morgan fingerprint density at radius 3 is 2.47 bits per heavy atom. The first-order valence-electron chi connectivity index (χ1n) is 4.20. The first-order valence-corrected chi connectivity index (χ1v) is 4.20. The molecule has 0 unspecified atom stereocenters. The van der Waals surface area contributed by atoms with Crippen molar-refractivity contribution >= 4 is 5.71 Å². The largest absolute Gasteiger partial charge is 0.411 e. The van der Waals surface area contributed by atoms with Crippen molar-refractivity contribution in [2.24, 2.45) is 15.4 Å². The fourth-order valence-corrected chi connectivity index (χ4v) is 1.55. The van der Waals surface area contributed by atoms with Gasteiger partial charge in [-0.1, -0.05) is 15.4 Å². The Kier molecular flexibility index (Phi) is 3.75. The Bertz CT molecular complexity index is 354. The van der Waals surface area contributed by atoms with Gasteiger partial charge in [0.25, 0.3) is 0 Å². The molecule has 1 rings (SSSR count). The van der Waals surface area contributed by atoms with Gasteiger partial charge in [0.05, 0.1) is 23.9 Å². The van der Waals surface area contributed by atoms with Crippen LogP contribution in [-0.4, -0.2) is 34.2 Å². The fraction of sp³-hybridized carbons (Fsp3) is 0.833. The maximum absolute atomic E-state index is 9.38. The molecule has 2 N–H and O–H groups in total. The van der Waals surface area contributed by atoms with Crippen molar-refractivity contribution in [3.8, 4) is 0 Å². The lowest BCUT2D eigenvalue weighted by Crippen LogP contribution is -2.41. The molecule has 1 fully saturated rings. The Balaban J connectivity index is 3.00. The van der Waals surface area contributed by atoms with Gasteiger partial charge >= 0.3 is 0 Å². The lowest BCUT2D eigenvalue weighted by Gasteiger charge is -2.28. The van der Waals surface area contributed by atoms with E-state index in [0.29, 0.717) is 0 Å². The molecular formula is C6H9N7O2. The van der Waals surface area contributed by atoms with Gasteiger partial charge in [0.2, 0.25) is 0 Å². The van der Waals surface area contributed by atoms with E-state index in [1.807, 2.05) is 0 Å². The summed E-state index contributed by atoms with van der Waals surface area (Å²) >= 11 is 0. The van der Waals surface area contributed by atoms with Gasteiger partial charge in [-0.15, -0.1) is 0 Å². The van der Waals surface area contributed by atoms with E-state index in [4.69, 9.17) is 16.3 Å². The Labute approximate surface area is 84.3 Å². The molecule has 0 aliphatic heterocycles. The normalized spacial score (nSPS) is 32.9. The molecular weight excluding hydrogens is 202 g/mol. The lowest BCUT2D eigenvalue weighted by molar-refractivity contribution is 0.148. The van der Waals surface area contributed by atoms with Crippen molar-refractivity contribution in [2.75, 3.05) is 0 Å². The molecule has 80 valence electrons. The molecule has 0 saturated heterocycles. The van der Waals surface area contributed by atoms with Crippen molar-refractivity contribution in [3.63, 3.8) is 0 Å². The van der Waals surface area contributed by atoms with E-state index in [1.54, 1.807) is 0 Å². The standard InChI is InChI=1S/C6H9N7O2/c7-12-9-4-1-3(14)2-5(11-15)6(4)10-13-8/h3-4,6,14-15H,1-2H2/t3-,4-,6-/m1/s1. The third kappa shape index (κ3) is 2.50. The predicted molar refractivity (Wildman–Crippen MR) is 50.3 cm³/mol. The SMILES string of the molecule is [N-]=[N+]=N[C@@H]1C[C@@H](O)CC(=NO)[C@@H]1N=[N+]=[N-]. The molecule has 3 atom stereocenters. The highest BCUT2D eigenvalue weighted by atomic mass is 16.4. The molecule has 0 heterocycles. The third-order valence-electron chi connectivity index (χ3n) is 2.17. The zero-order valence-corrected chi connectivity index (χ0v) is 7.67. The van der Waals surface area contributed by atoms with Gasteiger partial charge in [0.15, 0.2) is 0 Å². The number of nitrogens with zero attached hydrogens (tertiary/aromatic N) is 7. The minimum absolute atomic E-state index is 0.109. The summed E-state index contributed by atoms with van der Waals surface area (Å²) in [6, 6.07) is -1.53. The number of aliphatic hydroxyl groups excluding tert-OH is 1. The molecule has 0 aromatic rings. The summed E-state index contributed by atoms with van der Waals surface area (Å²) in [6.45, 7) is 0. The third-order valence-corrected chi connectivity index (χ3v) is 2.17. The van der Waals surface area contributed by atoms with Crippen LogP contribution in [0.15, 0.2) is 15.4 Å². The molecule has 0 radical (unpaired) electrons. The summed E-state index contributed by atoms with van der Waals surface area (Å²) in [5, 5.41) is 27.8. The molecule has 0 spiro atoms. The van der Waals surface area contributed by atoms with Crippen molar-refractivity contribution < 1.29 is 10.3 Å². The average molecular weight is 211 g/mol. The van der Waals surface area contributed by atoms with Gasteiger partial charge in [-0.3, -0.25) is 0 Å². The Morgan fingerprint density at radius 1 is 1.27 bits per heavy atom. The molecule has 15 heavy (non-hydrogen) atoms. The zero-order valence-electron chi connectivity index (χ0n) is 7.67. The molecule has 0 bridgehead atoms. The van der Waals surface area contributed by atoms with Crippen LogP contribution in [0.3, 0.4) is 0 Å². The highest BCUT2D eigenvalue weighted by Gasteiger charge is 2.33. The predicted octanol–water partition coefficient (Wildman–Crippen LogP) is 1.33. The number of azide groups is 2. The van der Waals surface area contributed by atoms with Crippen LogP contribution in [-0.2, 0) is 0 Å². The lowest BCUT2D eigenvalue weighted by atomic mass is 9.87. The summed E-state index contributed by atoms with van der Waals surface area (Å²) in [7, 11) is 0. The minimum atomic E-state index is -0.820. The maximum atomic E-state index is 9.38. The van der Waals surface area contributed by atoms with Gasteiger partial charge in [-0.05, 0) is 17.5 Å². The van der Waals surface area contributed by atoms with Crippen molar-refractivity contribution in [3.05, 3.63) is 20.9 Å². The van der Waals surface area contributed by atoms with Gasteiger partial charge in [0.1, 0.15) is 0 Å². The van der Waals surface area contributed by atoms with Gasteiger partial charge < -0.3 is 10.3 Å². The maximum Gasteiger partial charge on any atom is 0.0877 e. The molecule has 0 amide bonds. The number of aliphatic hydroxyl groups is 1. The van der Waals surface area contributed by atoms with Crippen LogP contribution in [0.2, 0.25) is 0 Å². The van der Waals surface area contributed by atoms with E-state index in [9.17, 15) is 5.11 Å². The molecule has 9 heteroatoms. The smallest absolute Gasteiger partial charge is 0.0877 e. The van der Waals surface area contributed by atoms with E-state index in [-0.39, 0.29) is 18.6 Å². The van der Waals surface area contributed by atoms with E-state index in [1.165, 1.54) is 0 Å². The second-order valence-corrected chi connectivity index (χ2v) is 3.11. The van der Waals surface area contributed by atoms with Crippen LogP contribution >= 0.6 is 0 Å². The van der Waals surface area contributed by atoms with Gasteiger partial charge in [0, 0.05) is 16.2 Å². The number of oxime groups is 1. The van der Waals surface area contributed by atoms with Crippen LogP contribution in [0.25, 0.3) is 20.9 Å². The second kappa shape index (κ2) is 5.06. The summed E-state index contributed by atoms with van der Waals surface area (Å²) in [4.78, 5) is 5.17. The first kappa shape index (κ1) is 11.1. The van der Waals surface area contributed by atoms with Crippen LogP contribution in [0.5, 0.6) is 0 Å². The number of hydrogen-bond acceptors (Lipinski definition) is 5. The number of rotatable bonds is 2. The monoisotopic (exact) mass is 211 g/mol. The first-order chi connectivity index (χ1) is 7.22. The Hall–Kier alpha value is -1.95. The van der Waals surface area contributed by atoms with Crippen molar-refractivity contribution in [1.29, 1.82) is 0 Å². The summed E-state index contributed by atoms with van der Waals surface area (Å²) in [5.74, 6) is 0. The van der Waals surface area contributed by atoms with Crippen molar-refractivity contribution in [1.82, 2.24) is 0 Å². The van der Waals surface area contributed by atoms with Gasteiger partial charge in [-0.2, -0.15) is 0 Å². The Morgan fingerprint density at radius 2 is 1.93 bits per heavy atom. The van der Waals surface area contributed by atoms with E-state index < -0.39 is 18.2 Å². The molecule has 0 aromatic heterocycles. The summed E-state index contributed by atoms with van der Waals surface area (Å²) in [6.07, 6.45) is -0.457. The summed E-state index contributed by atoms with van der Waals surface area (Å²) < 4.78 is 0. The van der Waals surface area contributed by atoms with Crippen LogP contribution in [0, 0.1) is 0 Å². The van der Waals surface area contributed by atoms with Crippen LogP contribution < -0.4 is 0 Å². The van der Waals surface area contributed by atoms with Crippen molar-refractivity contribution in [2.45, 2.75) is 31.0 Å². The highest BCUT2D eigenvalue weighted by Crippen LogP contribution is 2.23. The van der Waals surface area contributed by atoms with E-state index in [0.717, 1.165) is 0 Å². The van der Waals surface area contributed by atoms with Crippen LogP contribution in [0.4, 0.5) is 0 Å². The zero-order chi connectivity index (χ0) is 11.3. The van der Waals surface area contributed by atoms with E-state index >= 15 is 0 Å². The average Bonchev–Trinajstić information content (AvgIpc) is 2.22. The summed E-state index contributed by atoms with van der Waals surface area (Å²) in [5.41, 5.74) is 16.7. The topological polar surface area (TPSA) is 150 Å². The minimum Gasteiger partial charge on any atom is -0.411 e. The van der Waals surface area contributed by atoms with Gasteiger partial charge in [-0.25, -0.2) is 0 Å². The molecule has 1 saturated carbocycles. The second-order valence-electron chi connectivity index (χ2n) is 3.11. The van der Waals surface area contributed by atoms with Crippen LogP contribution in [0.1, 0.15) is 12.8 Å². The van der Waals surface area contributed by atoms with E-state index in [2.05, 4.69) is 25.2 Å². The molecule has 1 aliphatic rings. The highest BCUT2D eigenvalue weighted by molar-refractivity contribution is 5.91. The molecule has 9 nitrogen and oxygen atoms in total. The molecule has 0 aromatic carbocycles.